The lowest BCUT2D eigenvalue weighted by molar-refractivity contribution is 0.121. The van der Waals surface area contributed by atoms with Crippen molar-refractivity contribution in [3.8, 4) is 0 Å². The zero-order chi connectivity index (χ0) is 21.9. The average Bonchev–Trinajstić information content (AvgIpc) is 2.77. The van der Waals surface area contributed by atoms with Gasteiger partial charge < -0.3 is 9.30 Å². The van der Waals surface area contributed by atoms with E-state index in [0.29, 0.717) is 36.5 Å². The summed E-state index contributed by atoms with van der Waals surface area (Å²) in [6.07, 6.45) is 12.4. The maximum absolute atomic E-state index is 12.9. The maximum Gasteiger partial charge on any atom is 0.255 e. The Bertz CT molecular complexity index is 1050. The van der Waals surface area contributed by atoms with Gasteiger partial charge in [-0.1, -0.05) is 25.0 Å². The van der Waals surface area contributed by atoms with Gasteiger partial charge in [-0.2, -0.15) is 0 Å². The highest BCUT2D eigenvalue weighted by atomic mass is 32.1. The van der Waals surface area contributed by atoms with Crippen molar-refractivity contribution in [2.75, 3.05) is 13.2 Å². The van der Waals surface area contributed by atoms with Crippen LogP contribution >= 0.6 is 12.2 Å². The number of aromatic nitrogens is 4. The van der Waals surface area contributed by atoms with Crippen LogP contribution in [0, 0.1) is 10.6 Å². The predicted molar refractivity (Wildman–Crippen MR) is 120 cm³/mol. The molecular formula is C23H27FN4O2S. The first kappa shape index (κ1) is 23.0. The van der Waals surface area contributed by atoms with Gasteiger partial charge >= 0.3 is 0 Å². The highest BCUT2D eigenvalue weighted by Crippen LogP contribution is 2.09. The van der Waals surface area contributed by atoms with Crippen molar-refractivity contribution < 1.29 is 9.13 Å². The van der Waals surface area contributed by atoms with Gasteiger partial charge in [0.1, 0.15) is 12.1 Å². The largest absolute Gasteiger partial charge is 0.380 e. The topological polar surface area (TPSA) is 72.8 Å². The van der Waals surface area contributed by atoms with Crippen LogP contribution in [-0.2, 0) is 24.1 Å². The van der Waals surface area contributed by atoms with E-state index in [1.165, 1.54) is 24.0 Å². The second-order valence-corrected chi connectivity index (χ2v) is 7.82. The number of rotatable bonds is 12. The van der Waals surface area contributed by atoms with Crippen LogP contribution < -0.4 is 5.56 Å². The number of unbranched alkanes of at least 4 members (excludes halogenated alkanes) is 3. The number of ether oxygens (including phenoxy) is 1. The zero-order valence-corrected chi connectivity index (χ0v) is 18.2. The Hall–Kier alpha value is -2.71. The SMILES string of the molecule is O=c1[nH]c(=S)n(CCOCCCCCCc2ccc(F)cc2)cc1Cc1cncnc1. The van der Waals surface area contributed by atoms with Gasteiger partial charge in [-0.25, -0.2) is 14.4 Å². The molecule has 3 rings (SSSR count). The van der Waals surface area contributed by atoms with Crippen LogP contribution in [0.3, 0.4) is 0 Å². The summed E-state index contributed by atoms with van der Waals surface area (Å²) < 4.78 is 20.9. The second kappa shape index (κ2) is 12.2. The summed E-state index contributed by atoms with van der Waals surface area (Å²) in [5.41, 5.74) is 2.47. The van der Waals surface area contributed by atoms with E-state index in [0.717, 1.165) is 37.7 Å². The Morgan fingerprint density at radius 3 is 2.52 bits per heavy atom. The van der Waals surface area contributed by atoms with E-state index >= 15 is 0 Å². The van der Waals surface area contributed by atoms with Gasteiger partial charge in [0.15, 0.2) is 4.77 Å². The first-order valence-electron chi connectivity index (χ1n) is 10.5. The fraction of sp³-hybridized carbons (Fsp3) is 0.391. The molecule has 0 saturated carbocycles. The molecule has 31 heavy (non-hydrogen) atoms. The molecule has 1 aromatic carbocycles. The Balaban J connectivity index is 1.34. The molecule has 0 saturated heterocycles. The minimum Gasteiger partial charge on any atom is -0.380 e. The number of halogens is 1. The van der Waals surface area contributed by atoms with Crippen molar-refractivity contribution in [1.29, 1.82) is 0 Å². The highest BCUT2D eigenvalue weighted by molar-refractivity contribution is 7.71. The van der Waals surface area contributed by atoms with Crippen molar-refractivity contribution in [2.24, 2.45) is 0 Å². The van der Waals surface area contributed by atoms with E-state index in [4.69, 9.17) is 17.0 Å². The molecule has 2 aromatic heterocycles. The molecule has 0 bridgehead atoms. The Morgan fingerprint density at radius 1 is 1.00 bits per heavy atom. The molecule has 164 valence electrons. The van der Waals surface area contributed by atoms with Crippen molar-refractivity contribution in [3.05, 3.63) is 86.8 Å². The van der Waals surface area contributed by atoms with Gasteiger partial charge in [0.25, 0.3) is 5.56 Å². The van der Waals surface area contributed by atoms with E-state index in [1.807, 2.05) is 16.7 Å². The summed E-state index contributed by atoms with van der Waals surface area (Å²) in [5.74, 6) is -0.189. The number of aromatic amines is 1. The summed E-state index contributed by atoms with van der Waals surface area (Å²) >= 11 is 5.27. The molecule has 0 fully saturated rings. The summed E-state index contributed by atoms with van der Waals surface area (Å²) in [6, 6.07) is 6.71. The lowest BCUT2D eigenvalue weighted by atomic mass is 10.1. The fourth-order valence-corrected chi connectivity index (χ4v) is 3.53. The van der Waals surface area contributed by atoms with Gasteiger partial charge in [0.2, 0.25) is 0 Å². The minimum atomic E-state index is -0.189. The molecule has 0 radical (unpaired) electrons. The van der Waals surface area contributed by atoms with Crippen molar-refractivity contribution >= 4 is 12.2 Å². The van der Waals surface area contributed by atoms with Crippen molar-refractivity contribution in [1.82, 2.24) is 19.5 Å². The molecular weight excluding hydrogens is 415 g/mol. The molecule has 0 spiro atoms. The van der Waals surface area contributed by atoms with Crippen molar-refractivity contribution in [2.45, 2.75) is 45.1 Å². The second-order valence-electron chi connectivity index (χ2n) is 7.43. The lowest BCUT2D eigenvalue weighted by Gasteiger charge is -2.10. The minimum absolute atomic E-state index is 0.188. The normalized spacial score (nSPS) is 11.0. The standard InChI is InChI=1S/C23H27FN4O2S/c24-21-8-6-18(7-9-21)5-3-1-2-4-11-30-12-10-28-16-20(22(29)27-23(28)31)13-19-14-25-17-26-15-19/h6-9,14-17H,1-5,10-13H2,(H,27,29,31). The Kier molecular flexibility index (Phi) is 9.05. The van der Waals surface area contributed by atoms with Gasteiger partial charge in [0, 0.05) is 43.7 Å². The smallest absolute Gasteiger partial charge is 0.255 e. The molecule has 0 aliphatic rings. The average molecular weight is 443 g/mol. The number of H-pyrrole nitrogens is 1. The third kappa shape index (κ3) is 7.80. The highest BCUT2D eigenvalue weighted by Gasteiger charge is 2.05. The quantitative estimate of drug-likeness (QED) is 0.335. The first-order valence-corrected chi connectivity index (χ1v) is 10.9. The van der Waals surface area contributed by atoms with Crippen LogP contribution in [0.4, 0.5) is 4.39 Å². The van der Waals surface area contributed by atoms with E-state index in [1.54, 1.807) is 18.6 Å². The molecule has 1 N–H and O–H groups in total. The number of nitrogens with one attached hydrogen (secondary N) is 1. The van der Waals surface area contributed by atoms with Crippen molar-refractivity contribution in [3.63, 3.8) is 0 Å². The number of hydrogen-bond acceptors (Lipinski definition) is 5. The van der Waals surface area contributed by atoms with E-state index in [2.05, 4.69) is 15.0 Å². The monoisotopic (exact) mass is 442 g/mol. The Labute approximate surface area is 186 Å². The van der Waals surface area contributed by atoms with Gasteiger partial charge in [-0.15, -0.1) is 0 Å². The molecule has 0 aliphatic heterocycles. The molecule has 6 nitrogen and oxygen atoms in total. The van der Waals surface area contributed by atoms with E-state index < -0.39 is 0 Å². The molecule has 3 aromatic rings. The molecule has 0 unspecified atom stereocenters. The molecule has 0 atom stereocenters. The third-order valence-electron chi connectivity index (χ3n) is 4.99. The number of benzene rings is 1. The van der Waals surface area contributed by atoms with Crippen LogP contribution in [0.1, 0.15) is 42.4 Å². The van der Waals surface area contributed by atoms with Crippen LogP contribution in [0.15, 0.2) is 54.0 Å². The third-order valence-corrected chi connectivity index (χ3v) is 5.32. The summed E-state index contributed by atoms with van der Waals surface area (Å²) in [6.45, 7) is 1.81. The van der Waals surface area contributed by atoms with Crippen LogP contribution in [0.25, 0.3) is 0 Å². The molecule has 0 amide bonds. The summed E-state index contributed by atoms with van der Waals surface area (Å²) in [7, 11) is 0. The number of aryl methyl sites for hydroxylation is 1. The van der Waals surface area contributed by atoms with Crippen LogP contribution in [0.5, 0.6) is 0 Å². The fourth-order valence-electron chi connectivity index (χ4n) is 3.29. The van der Waals surface area contributed by atoms with Gasteiger partial charge in [-0.05, 0) is 54.7 Å². The Morgan fingerprint density at radius 2 is 1.74 bits per heavy atom. The zero-order valence-electron chi connectivity index (χ0n) is 17.4. The van der Waals surface area contributed by atoms with Gasteiger partial charge in [-0.3, -0.25) is 9.78 Å². The maximum atomic E-state index is 12.9. The molecule has 8 heteroatoms. The lowest BCUT2D eigenvalue weighted by Crippen LogP contribution is -2.20. The van der Waals surface area contributed by atoms with Crippen LogP contribution in [0.2, 0.25) is 0 Å². The first-order chi connectivity index (χ1) is 15.1. The predicted octanol–water partition coefficient (Wildman–Crippen LogP) is 4.25. The van der Waals surface area contributed by atoms with Crippen LogP contribution in [-0.4, -0.2) is 32.7 Å². The van der Waals surface area contributed by atoms with E-state index in [-0.39, 0.29) is 11.4 Å². The summed E-state index contributed by atoms with van der Waals surface area (Å²) in [4.78, 5) is 22.9. The number of hydrogen-bond donors (Lipinski definition) is 1. The molecule has 0 aliphatic carbocycles. The number of nitrogens with zero attached hydrogens (tertiary/aromatic N) is 3. The molecule has 2 heterocycles. The van der Waals surface area contributed by atoms with Gasteiger partial charge in [0.05, 0.1) is 6.61 Å². The van der Waals surface area contributed by atoms with E-state index in [9.17, 15) is 9.18 Å². The summed E-state index contributed by atoms with van der Waals surface area (Å²) in [5, 5.41) is 0.